The molecule has 33 heavy (non-hydrogen) atoms. The lowest BCUT2D eigenvalue weighted by Gasteiger charge is -2.14. The highest BCUT2D eigenvalue weighted by molar-refractivity contribution is 7.99. The van der Waals surface area contributed by atoms with E-state index in [1.807, 2.05) is 0 Å². The van der Waals surface area contributed by atoms with E-state index in [1.165, 1.54) is 20.3 Å². The fourth-order valence-electron chi connectivity index (χ4n) is 3.07. The maximum Gasteiger partial charge on any atom is 0.417 e. The quantitative estimate of drug-likeness (QED) is 0.249. The van der Waals surface area contributed by atoms with Gasteiger partial charge in [0.05, 0.1) is 27.2 Å². The van der Waals surface area contributed by atoms with E-state index in [0.717, 1.165) is 30.0 Å². The van der Waals surface area contributed by atoms with Gasteiger partial charge in [-0.1, -0.05) is 11.6 Å². The molecule has 0 unspecified atom stereocenters. The molecule has 0 aliphatic heterocycles. The van der Waals surface area contributed by atoms with Crippen LogP contribution in [0.5, 0.6) is 0 Å². The number of benzene rings is 1. The minimum atomic E-state index is -4.61. The number of ether oxygens (including phenoxy) is 2. The van der Waals surface area contributed by atoms with Crippen molar-refractivity contribution in [3.63, 3.8) is 0 Å². The van der Waals surface area contributed by atoms with Gasteiger partial charge in [0, 0.05) is 33.4 Å². The summed E-state index contributed by atoms with van der Waals surface area (Å²) in [6.07, 6.45) is -7.95. The van der Waals surface area contributed by atoms with Gasteiger partial charge < -0.3 is 14.0 Å². The molecular formula is C20H18ClF6N3O2S. The summed E-state index contributed by atoms with van der Waals surface area (Å²) in [7, 11) is 2.97. The van der Waals surface area contributed by atoms with Crippen LogP contribution in [0.25, 0.3) is 11.0 Å². The standard InChI is InChI=1S/C20H18ClF6N3O2S/c1-31-16(32-2)4-3-7-30-15-6-5-11(19(22,23)24)9-14(15)29-18(30)33-17-13(21)8-12(10-28-17)20(25,26)27/h5-6,8-10,16H,3-4,7H2,1-2H3. The molecule has 0 N–H and O–H groups in total. The highest BCUT2D eigenvalue weighted by Crippen LogP contribution is 2.38. The molecule has 5 nitrogen and oxygen atoms in total. The van der Waals surface area contributed by atoms with E-state index in [9.17, 15) is 26.3 Å². The van der Waals surface area contributed by atoms with Crippen molar-refractivity contribution in [3.05, 3.63) is 46.6 Å². The minimum Gasteiger partial charge on any atom is -0.356 e. The number of nitrogens with zero attached hydrogens (tertiary/aromatic N) is 3. The maximum absolute atomic E-state index is 13.1. The second-order valence-corrected chi connectivity index (χ2v) is 8.26. The molecule has 2 aromatic heterocycles. The largest absolute Gasteiger partial charge is 0.417 e. The topological polar surface area (TPSA) is 49.2 Å². The van der Waals surface area contributed by atoms with Crippen molar-refractivity contribution in [2.75, 3.05) is 14.2 Å². The number of pyridine rings is 1. The smallest absolute Gasteiger partial charge is 0.356 e. The van der Waals surface area contributed by atoms with E-state index in [0.29, 0.717) is 31.1 Å². The van der Waals surface area contributed by atoms with Gasteiger partial charge in [0.1, 0.15) is 5.03 Å². The number of aryl methyl sites for hydroxylation is 1. The molecule has 0 radical (unpaired) electrons. The van der Waals surface area contributed by atoms with Gasteiger partial charge >= 0.3 is 12.4 Å². The van der Waals surface area contributed by atoms with Gasteiger partial charge in [0.25, 0.3) is 0 Å². The fraction of sp³-hybridized carbons (Fsp3) is 0.400. The summed E-state index contributed by atoms with van der Waals surface area (Å²) in [5.41, 5.74) is -1.35. The average Bonchev–Trinajstić information content (AvgIpc) is 3.07. The number of rotatable bonds is 8. The number of imidazole rings is 1. The first-order chi connectivity index (χ1) is 15.4. The fourth-order valence-corrected chi connectivity index (χ4v) is 4.23. The number of alkyl halides is 6. The molecule has 180 valence electrons. The summed E-state index contributed by atoms with van der Waals surface area (Å²) in [6.45, 7) is 0.339. The molecule has 3 aromatic rings. The lowest BCUT2D eigenvalue weighted by atomic mass is 10.2. The zero-order chi connectivity index (χ0) is 24.4. The molecule has 1 aromatic carbocycles. The number of aromatic nitrogens is 3. The summed E-state index contributed by atoms with van der Waals surface area (Å²) < 4.78 is 90.0. The van der Waals surface area contributed by atoms with Gasteiger partial charge in [-0.15, -0.1) is 0 Å². The molecular weight excluding hydrogens is 496 g/mol. The summed E-state index contributed by atoms with van der Waals surface area (Å²) in [5.74, 6) is 0. The van der Waals surface area contributed by atoms with Crippen LogP contribution in [0.3, 0.4) is 0 Å². The molecule has 3 rings (SSSR count). The van der Waals surface area contributed by atoms with Crippen molar-refractivity contribution in [3.8, 4) is 0 Å². The van der Waals surface area contributed by atoms with E-state index in [4.69, 9.17) is 21.1 Å². The SMILES string of the molecule is COC(CCCn1c(Sc2ncc(C(F)(F)F)cc2Cl)nc2cc(C(F)(F)F)ccc21)OC. The highest BCUT2D eigenvalue weighted by Gasteiger charge is 2.33. The lowest BCUT2D eigenvalue weighted by Crippen LogP contribution is -2.14. The molecule has 13 heteroatoms. The maximum atomic E-state index is 13.1. The first kappa shape index (κ1) is 25.6. The number of hydrogen-bond donors (Lipinski definition) is 0. The minimum absolute atomic E-state index is 0.0453. The predicted molar refractivity (Wildman–Crippen MR) is 110 cm³/mol. The Morgan fingerprint density at radius 2 is 1.70 bits per heavy atom. The first-order valence-electron chi connectivity index (χ1n) is 9.47. The van der Waals surface area contributed by atoms with Gasteiger partial charge in [-0.05, 0) is 42.4 Å². The number of fused-ring (bicyclic) bond motifs is 1. The van der Waals surface area contributed by atoms with Crippen LogP contribution in [0.15, 0.2) is 40.6 Å². The van der Waals surface area contributed by atoms with Crippen LogP contribution >= 0.6 is 23.4 Å². The molecule has 0 saturated heterocycles. The third-order valence-electron chi connectivity index (χ3n) is 4.71. The summed E-state index contributed by atoms with van der Waals surface area (Å²) in [4.78, 5) is 8.06. The van der Waals surface area contributed by atoms with Crippen LogP contribution in [0.4, 0.5) is 26.3 Å². The Morgan fingerprint density at radius 3 is 2.27 bits per heavy atom. The molecule has 0 aliphatic carbocycles. The average molecular weight is 514 g/mol. The van der Waals surface area contributed by atoms with Crippen molar-refractivity contribution in [2.45, 2.75) is 48.2 Å². The summed E-state index contributed by atoms with van der Waals surface area (Å²) in [5, 5.41) is 0.0389. The third-order valence-corrected chi connectivity index (χ3v) is 6.12. The Labute approximate surface area is 194 Å². The number of halogens is 7. The van der Waals surface area contributed by atoms with Crippen molar-refractivity contribution in [2.24, 2.45) is 0 Å². The van der Waals surface area contributed by atoms with Gasteiger partial charge in [-0.2, -0.15) is 26.3 Å². The van der Waals surface area contributed by atoms with E-state index >= 15 is 0 Å². The van der Waals surface area contributed by atoms with E-state index < -0.39 is 29.8 Å². The first-order valence-corrected chi connectivity index (χ1v) is 10.7. The Morgan fingerprint density at radius 1 is 1.03 bits per heavy atom. The Kier molecular flexibility index (Phi) is 7.82. The van der Waals surface area contributed by atoms with Crippen molar-refractivity contribution in [1.29, 1.82) is 0 Å². The lowest BCUT2D eigenvalue weighted by molar-refractivity contribution is -0.138. The Balaban J connectivity index is 1.98. The summed E-state index contributed by atoms with van der Waals surface area (Å²) in [6, 6.07) is 3.92. The second kappa shape index (κ2) is 10.1. The monoisotopic (exact) mass is 513 g/mol. The van der Waals surface area contributed by atoms with Crippen LogP contribution in [0.2, 0.25) is 5.02 Å². The van der Waals surface area contributed by atoms with Crippen molar-refractivity contribution < 1.29 is 35.8 Å². The van der Waals surface area contributed by atoms with Gasteiger partial charge in [-0.3, -0.25) is 0 Å². The molecule has 0 aliphatic rings. The van der Waals surface area contributed by atoms with Gasteiger partial charge in [0.2, 0.25) is 0 Å². The van der Waals surface area contributed by atoms with E-state index in [1.54, 1.807) is 4.57 Å². The Hall–Kier alpha value is -2.02. The van der Waals surface area contributed by atoms with Crippen LogP contribution in [-0.2, 0) is 28.4 Å². The third kappa shape index (κ3) is 6.11. The molecule has 0 bridgehead atoms. The van der Waals surface area contributed by atoms with Crippen LogP contribution in [0.1, 0.15) is 24.0 Å². The van der Waals surface area contributed by atoms with Crippen LogP contribution in [0, 0.1) is 0 Å². The molecule has 0 atom stereocenters. The molecule has 0 fully saturated rings. The van der Waals surface area contributed by atoms with Crippen LogP contribution < -0.4 is 0 Å². The van der Waals surface area contributed by atoms with Crippen LogP contribution in [-0.4, -0.2) is 35.0 Å². The molecule has 0 spiro atoms. The predicted octanol–water partition coefficient (Wildman–Crippen LogP) is 6.67. The van der Waals surface area contributed by atoms with Crippen molar-refractivity contribution in [1.82, 2.24) is 14.5 Å². The van der Waals surface area contributed by atoms with E-state index in [-0.39, 0.29) is 20.7 Å². The van der Waals surface area contributed by atoms with Gasteiger partial charge in [-0.25, -0.2) is 9.97 Å². The zero-order valence-electron chi connectivity index (χ0n) is 17.3. The van der Waals surface area contributed by atoms with Gasteiger partial charge in [0.15, 0.2) is 11.4 Å². The molecule has 0 amide bonds. The van der Waals surface area contributed by atoms with E-state index in [2.05, 4.69) is 9.97 Å². The highest BCUT2D eigenvalue weighted by atomic mass is 35.5. The molecule has 2 heterocycles. The van der Waals surface area contributed by atoms with Crippen molar-refractivity contribution >= 4 is 34.4 Å². The Bertz CT molecular complexity index is 1120. The second-order valence-electron chi connectivity index (χ2n) is 6.90. The number of methoxy groups -OCH3 is 2. The number of hydrogen-bond acceptors (Lipinski definition) is 5. The summed E-state index contributed by atoms with van der Waals surface area (Å²) >= 11 is 6.87. The molecule has 0 saturated carbocycles. The normalized spacial score (nSPS) is 12.8. The zero-order valence-corrected chi connectivity index (χ0v) is 18.9.